The summed E-state index contributed by atoms with van der Waals surface area (Å²) in [6, 6.07) is 8.19. The second kappa shape index (κ2) is 27.8. The van der Waals surface area contributed by atoms with Crippen molar-refractivity contribution in [1.82, 2.24) is 47.2 Å². The monoisotopic (exact) mass is 1140 g/mol. The van der Waals surface area contributed by atoms with E-state index in [-0.39, 0.29) is 56.1 Å². The number of amides is 8. The number of benzene rings is 3. The molecule has 0 unspecified atom stereocenters. The van der Waals surface area contributed by atoms with E-state index in [9.17, 15) is 53.7 Å². The van der Waals surface area contributed by atoms with Crippen LogP contribution in [0.4, 0.5) is 0 Å². The molecule has 430 valence electrons. The van der Waals surface area contributed by atoms with Crippen molar-refractivity contribution in [3.05, 3.63) is 102 Å². The Morgan fingerprint density at radius 2 is 1.30 bits per heavy atom. The van der Waals surface area contributed by atoms with E-state index >= 15 is 0 Å². The van der Waals surface area contributed by atoms with Crippen LogP contribution in [0, 0.1) is 0 Å². The number of para-hydroxylation sites is 2. The molecule has 27 heteroatoms. The Morgan fingerprint density at radius 1 is 0.738 bits per heavy atom. The van der Waals surface area contributed by atoms with Gasteiger partial charge in [-0.05, 0) is 87.9 Å². The minimum absolute atomic E-state index is 0.00573. The van der Waals surface area contributed by atoms with Gasteiger partial charge in [0.15, 0.2) is 5.96 Å². The summed E-state index contributed by atoms with van der Waals surface area (Å²) in [6.07, 6.45) is -0.174. The van der Waals surface area contributed by atoms with E-state index < -0.39 is 113 Å². The number of nitrogens with one attached hydrogen (secondary N) is 9. The maximum atomic E-state index is 14.9. The lowest BCUT2D eigenvalue weighted by molar-refractivity contribution is -0.137. The number of carbonyl (C=O) groups is 8. The fourth-order valence-electron chi connectivity index (χ4n) is 8.90. The maximum absolute atomic E-state index is 14.9. The standard InChI is InChI=1S/C53H70N14O11S2/c1-26(68)41(44(55)71)65-51(78)43-53(3,4)80-79-25-40(64-45(72)34(54)21-29-23-59-35-12-7-5-10-32(29)35)49(76)62-38(20-28-15-17-31(70)18-16-28)47(74)63-39(22-30-24-60-36-13-8-6-11-33(30)36)48(75)61-37(14-9-19-58-52(56)57)46(73)66-42(27(2)69)50(77)67-43/h5-8,10-13,15-18,23-24,26-27,34,37-43,59-60,68-70H,9,14,19-22,25,54H2,1-4H3,(H2,55,71)(H,61,75)(H,62,76)(H,63,74)(H,64,72)(H,65,78)(H,66,73)(H,67,77)(H4,56,57,58)/t26-,27-,34-,37+,38+,39-,40+,41+,42-,43-/m1/s1. The molecule has 25 nitrogen and oxygen atoms in total. The van der Waals surface area contributed by atoms with Gasteiger partial charge in [0, 0.05) is 64.1 Å². The Kier molecular flexibility index (Phi) is 21.4. The normalized spacial score (nSPS) is 22.2. The van der Waals surface area contributed by atoms with Gasteiger partial charge in [0.2, 0.25) is 47.3 Å². The van der Waals surface area contributed by atoms with Crippen LogP contribution < -0.4 is 60.2 Å². The van der Waals surface area contributed by atoms with E-state index in [0.29, 0.717) is 22.0 Å². The highest BCUT2D eigenvalue weighted by Gasteiger charge is 2.43. The molecular formula is C53H70N14O11S2. The Morgan fingerprint density at radius 3 is 1.90 bits per heavy atom. The molecule has 80 heavy (non-hydrogen) atoms. The number of aliphatic hydroxyl groups excluding tert-OH is 2. The quantitative estimate of drug-likeness (QED) is 0.0220. The average molecular weight is 1140 g/mol. The Bertz CT molecular complexity index is 3050. The first kappa shape index (κ1) is 61.4. The molecule has 0 radical (unpaired) electrons. The summed E-state index contributed by atoms with van der Waals surface area (Å²) >= 11 is 0. The lowest BCUT2D eigenvalue weighted by Crippen LogP contribution is -2.65. The van der Waals surface area contributed by atoms with Gasteiger partial charge in [0.05, 0.1) is 18.2 Å². The van der Waals surface area contributed by atoms with E-state index in [1.807, 2.05) is 30.3 Å². The molecule has 6 rings (SSSR count). The highest BCUT2D eigenvalue weighted by atomic mass is 33.1. The minimum Gasteiger partial charge on any atom is -0.508 e. The van der Waals surface area contributed by atoms with Crippen LogP contribution in [0.3, 0.4) is 0 Å². The molecule has 3 heterocycles. The van der Waals surface area contributed by atoms with Crippen LogP contribution in [0.2, 0.25) is 0 Å². The van der Waals surface area contributed by atoms with Crippen LogP contribution in [-0.4, -0.2) is 156 Å². The molecule has 20 N–H and O–H groups in total. The molecule has 10 atom stereocenters. The zero-order valence-electron chi connectivity index (χ0n) is 44.5. The van der Waals surface area contributed by atoms with Crippen molar-refractivity contribution >= 4 is 96.6 Å². The van der Waals surface area contributed by atoms with Gasteiger partial charge in [0.25, 0.3) is 0 Å². The second-order valence-electron chi connectivity index (χ2n) is 20.1. The van der Waals surface area contributed by atoms with Crippen LogP contribution in [-0.2, 0) is 57.6 Å². The summed E-state index contributed by atoms with van der Waals surface area (Å²) in [7, 11) is 1.91. The lowest BCUT2D eigenvalue weighted by atomic mass is 9.99. The Labute approximate surface area is 468 Å². The van der Waals surface area contributed by atoms with Crippen LogP contribution in [0.5, 0.6) is 5.75 Å². The number of rotatable bonds is 17. The van der Waals surface area contributed by atoms with Gasteiger partial charge in [-0.15, -0.1) is 0 Å². The van der Waals surface area contributed by atoms with E-state index in [4.69, 9.17) is 22.9 Å². The first-order valence-corrected chi connectivity index (χ1v) is 28.0. The second-order valence-corrected chi connectivity index (χ2v) is 23.1. The third-order valence-electron chi connectivity index (χ3n) is 13.3. The number of fused-ring (bicyclic) bond motifs is 2. The number of primary amides is 1. The van der Waals surface area contributed by atoms with Crippen molar-refractivity contribution in [2.75, 3.05) is 12.3 Å². The lowest BCUT2D eigenvalue weighted by Gasteiger charge is -2.36. The van der Waals surface area contributed by atoms with E-state index in [2.05, 4.69) is 52.2 Å². The molecule has 1 aliphatic rings. The van der Waals surface area contributed by atoms with Crippen LogP contribution in [0.1, 0.15) is 57.2 Å². The molecule has 8 amide bonds. The number of aromatic nitrogens is 2. The van der Waals surface area contributed by atoms with Crippen molar-refractivity contribution in [3.8, 4) is 5.75 Å². The van der Waals surface area contributed by atoms with E-state index in [1.165, 1.54) is 52.0 Å². The summed E-state index contributed by atoms with van der Waals surface area (Å²) in [4.78, 5) is 125. The number of hydrogen-bond acceptors (Lipinski definition) is 15. The fourth-order valence-corrected chi connectivity index (χ4v) is 11.7. The van der Waals surface area contributed by atoms with Gasteiger partial charge in [-0.3, -0.25) is 43.3 Å². The highest BCUT2D eigenvalue weighted by molar-refractivity contribution is 8.77. The number of hydrogen-bond donors (Lipinski definition) is 16. The minimum atomic E-state index is -1.81. The molecule has 1 fully saturated rings. The predicted molar refractivity (Wildman–Crippen MR) is 304 cm³/mol. The number of nitrogens with zero attached hydrogens (tertiary/aromatic N) is 1. The number of H-pyrrole nitrogens is 2. The molecular weight excluding hydrogens is 1070 g/mol. The number of aliphatic hydroxyl groups is 2. The average Bonchev–Trinajstić information content (AvgIpc) is 4.01. The number of carbonyl (C=O) groups excluding carboxylic acids is 8. The molecule has 0 spiro atoms. The van der Waals surface area contributed by atoms with Crippen molar-refractivity contribution in [3.63, 3.8) is 0 Å². The van der Waals surface area contributed by atoms with E-state index in [1.54, 1.807) is 30.6 Å². The fraction of sp³-hybridized carbons (Fsp3) is 0.415. The maximum Gasteiger partial charge on any atom is 0.245 e. The molecule has 0 saturated carbocycles. The third-order valence-corrected chi connectivity index (χ3v) is 16.6. The van der Waals surface area contributed by atoms with Crippen molar-refractivity contribution in [1.29, 1.82) is 0 Å². The predicted octanol–water partition coefficient (Wildman–Crippen LogP) is -1.42. The summed E-state index contributed by atoms with van der Waals surface area (Å²) in [6.45, 7) is 5.45. The molecule has 5 aromatic rings. The first-order valence-electron chi connectivity index (χ1n) is 25.7. The number of phenols is 1. The van der Waals surface area contributed by atoms with Gasteiger partial charge < -0.3 is 85.4 Å². The molecule has 2 aromatic heterocycles. The summed E-state index contributed by atoms with van der Waals surface area (Å²) in [5.41, 5.74) is 26.5. The number of phenolic OH excluding ortho intramolecular Hbond substituents is 1. The largest absolute Gasteiger partial charge is 0.508 e. The molecule has 0 bridgehead atoms. The number of aromatic amines is 2. The van der Waals surface area contributed by atoms with Crippen molar-refractivity contribution in [2.45, 2.75) is 125 Å². The Hall–Kier alpha value is -7.85. The smallest absolute Gasteiger partial charge is 0.245 e. The zero-order chi connectivity index (χ0) is 58.4. The van der Waals surface area contributed by atoms with Crippen LogP contribution in [0.15, 0.2) is 90.2 Å². The summed E-state index contributed by atoms with van der Waals surface area (Å²) in [5.74, 6) is -8.20. The van der Waals surface area contributed by atoms with Gasteiger partial charge >= 0.3 is 0 Å². The summed E-state index contributed by atoms with van der Waals surface area (Å²) in [5, 5.41) is 51.6. The highest BCUT2D eigenvalue weighted by Crippen LogP contribution is 2.39. The number of aromatic hydroxyl groups is 1. The SMILES string of the molecule is C[C@@H](O)[C@H](NC(=O)[C@H]1NC(=O)[C@@H]([C@@H](C)O)NC(=O)[C@H](CCCN=C(N)N)NC(=O)[C@@H](Cc2c[nH]c3ccccc23)NC(=O)[C@H](Cc2ccc(O)cc2)NC(=O)[C@@H](NC(=O)[C@H](N)Cc2c[nH]c3ccccc23)CSSC1(C)C)C(N)=O. The molecule has 3 aromatic carbocycles. The van der Waals surface area contributed by atoms with Gasteiger partial charge in [0.1, 0.15) is 48.0 Å². The molecule has 1 saturated heterocycles. The zero-order valence-corrected chi connectivity index (χ0v) is 46.1. The summed E-state index contributed by atoms with van der Waals surface area (Å²) < 4.78 is -1.46. The number of guanidine groups is 1. The third kappa shape index (κ3) is 16.6. The van der Waals surface area contributed by atoms with E-state index in [0.717, 1.165) is 38.1 Å². The number of nitrogens with two attached hydrogens (primary N) is 4. The molecule has 0 aliphatic carbocycles. The topological polar surface area (TPSA) is 429 Å². The van der Waals surface area contributed by atoms with Crippen LogP contribution in [0.25, 0.3) is 21.8 Å². The van der Waals surface area contributed by atoms with Gasteiger partial charge in [-0.25, -0.2) is 0 Å². The van der Waals surface area contributed by atoms with Crippen molar-refractivity contribution < 1.29 is 53.7 Å². The van der Waals surface area contributed by atoms with Gasteiger partial charge in [-0.2, -0.15) is 0 Å². The first-order chi connectivity index (χ1) is 37.9. The van der Waals surface area contributed by atoms with Crippen LogP contribution >= 0.6 is 21.6 Å². The molecule has 1 aliphatic heterocycles. The Balaban J connectivity index is 1.44. The van der Waals surface area contributed by atoms with Crippen molar-refractivity contribution in [2.24, 2.45) is 27.9 Å². The number of aliphatic imine (C=N–C) groups is 1. The van der Waals surface area contributed by atoms with Gasteiger partial charge in [-0.1, -0.05) is 70.1 Å².